The van der Waals surface area contributed by atoms with Crippen LogP contribution in [0.4, 0.5) is 0 Å². The quantitative estimate of drug-likeness (QED) is 0.739. The van der Waals surface area contributed by atoms with Gasteiger partial charge in [0, 0.05) is 19.6 Å². The Kier molecular flexibility index (Phi) is 3.87. The van der Waals surface area contributed by atoms with Crippen molar-refractivity contribution in [3.63, 3.8) is 0 Å². The molecule has 0 aromatic carbocycles. The summed E-state index contributed by atoms with van der Waals surface area (Å²) in [4.78, 5) is 11.2. The second-order valence-electron chi connectivity index (χ2n) is 5.55. The van der Waals surface area contributed by atoms with E-state index in [0.717, 1.165) is 10.7 Å². The number of aliphatic hydroxyl groups is 1. The fraction of sp³-hybridized carbons (Fsp3) is 0.909. The summed E-state index contributed by atoms with van der Waals surface area (Å²) in [5, 5.41) is 19.0. The van der Waals surface area contributed by atoms with E-state index in [1.807, 2.05) is 0 Å². The lowest BCUT2D eigenvalue weighted by Crippen LogP contribution is -2.53. The predicted molar refractivity (Wildman–Crippen MR) is 67.7 cm³/mol. The van der Waals surface area contributed by atoms with Gasteiger partial charge in [-0.05, 0) is 32.6 Å². The van der Waals surface area contributed by atoms with E-state index in [9.17, 15) is 18.3 Å². The minimum atomic E-state index is -3.80. The van der Waals surface area contributed by atoms with Crippen molar-refractivity contribution in [2.24, 2.45) is 0 Å². The second-order valence-corrected chi connectivity index (χ2v) is 7.43. The average Bonchev–Trinajstić information content (AvgIpc) is 2.70. The van der Waals surface area contributed by atoms with Crippen molar-refractivity contribution in [1.29, 1.82) is 0 Å². The van der Waals surface area contributed by atoms with E-state index in [-0.39, 0.29) is 19.6 Å². The largest absolute Gasteiger partial charge is 0.480 e. The van der Waals surface area contributed by atoms with Gasteiger partial charge in [-0.25, -0.2) is 0 Å². The van der Waals surface area contributed by atoms with Crippen LogP contribution in [0.1, 0.15) is 32.6 Å². The van der Waals surface area contributed by atoms with E-state index in [1.54, 1.807) is 6.92 Å². The standard InChI is InChI=1S/C11H20N2O5S/c1-11(16)5-7-12(8-11)19(17,18)13-6-3-2-4-9(13)10(14)15/h9,16H,2-8H2,1H3,(H,14,15). The van der Waals surface area contributed by atoms with E-state index < -0.39 is 27.8 Å². The van der Waals surface area contributed by atoms with Crippen LogP contribution in [0.3, 0.4) is 0 Å². The van der Waals surface area contributed by atoms with Crippen LogP contribution in [0.25, 0.3) is 0 Å². The van der Waals surface area contributed by atoms with Crippen LogP contribution >= 0.6 is 0 Å². The molecule has 2 unspecified atom stereocenters. The van der Waals surface area contributed by atoms with Gasteiger partial charge in [-0.2, -0.15) is 17.0 Å². The van der Waals surface area contributed by atoms with Gasteiger partial charge >= 0.3 is 5.97 Å². The highest BCUT2D eigenvalue weighted by atomic mass is 32.2. The third-order valence-electron chi connectivity index (χ3n) is 3.78. The third kappa shape index (κ3) is 2.91. The molecule has 0 aromatic heterocycles. The van der Waals surface area contributed by atoms with Crippen LogP contribution in [-0.4, -0.2) is 64.5 Å². The molecule has 110 valence electrons. The highest BCUT2D eigenvalue weighted by Gasteiger charge is 2.44. The number of carbonyl (C=O) groups is 1. The predicted octanol–water partition coefficient (Wildman–Crippen LogP) is -0.373. The highest BCUT2D eigenvalue weighted by molar-refractivity contribution is 7.86. The van der Waals surface area contributed by atoms with Crippen molar-refractivity contribution >= 4 is 16.2 Å². The average molecular weight is 292 g/mol. The summed E-state index contributed by atoms with van der Waals surface area (Å²) >= 11 is 0. The molecule has 2 atom stereocenters. The number of β-amino-alcohol motifs (C(OH)–C–C–N with tert-alkyl or cyclic N) is 1. The number of nitrogens with zero attached hydrogens (tertiary/aromatic N) is 2. The van der Waals surface area contributed by atoms with Crippen LogP contribution in [0.5, 0.6) is 0 Å². The molecule has 2 aliphatic rings. The topological polar surface area (TPSA) is 98.2 Å². The summed E-state index contributed by atoms with van der Waals surface area (Å²) in [6.45, 7) is 2.09. The molecule has 2 rings (SSSR count). The lowest BCUT2D eigenvalue weighted by molar-refractivity contribution is -0.142. The first-order valence-corrected chi connectivity index (χ1v) is 7.86. The highest BCUT2D eigenvalue weighted by Crippen LogP contribution is 2.28. The number of hydrogen-bond acceptors (Lipinski definition) is 4. The number of rotatable bonds is 3. The lowest BCUT2D eigenvalue weighted by atomic mass is 10.1. The maximum atomic E-state index is 12.5. The molecule has 0 bridgehead atoms. The first-order chi connectivity index (χ1) is 8.74. The van der Waals surface area contributed by atoms with Gasteiger partial charge in [-0.15, -0.1) is 0 Å². The van der Waals surface area contributed by atoms with Crippen molar-refractivity contribution in [2.75, 3.05) is 19.6 Å². The Balaban J connectivity index is 2.21. The lowest BCUT2D eigenvalue weighted by Gasteiger charge is -2.34. The number of piperidine rings is 1. The molecule has 2 saturated heterocycles. The number of carboxylic acid groups (broad SMARTS) is 1. The van der Waals surface area contributed by atoms with Crippen LogP contribution < -0.4 is 0 Å². The van der Waals surface area contributed by atoms with Crippen LogP contribution in [0, 0.1) is 0 Å². The molecule has 0 radical (unpaired) electrons. The molecule has 0 aliphatic carbocycles. The first-order valence-electron chi connectivity index (χ1n) is 6.46. The first kappa shape index (κ1) is 14.7. The van der Waals surface area contributed by atoms with E-state index in [4.69, 9.17) is 5.11 Å². The molecular formula is C11H20N2O5S. The molecule has 0 aromatic rings. The van der Waals surface area contributed by atoms with Crippen molar-refractivity contribution in [3.05, 3.63) is 0 Å². The van der Waals surface area contributed by atoms with Gasteiger partial charge in [0.25, 0.3) is 10.2 Å². The molecule has 0 saturated carbocycles. The third-order valence-corrected chi connectivity index (χ3v) is 5.77. The Labute approximate surface area is 113 Å². The molecule has 0 spiro atoms. The summed E-state index contributed by atoms with van der Waals surface area (Å²) in [6.07, 6.45) is 2.12. The van der Waals surface area contributed by atoms with Gasteiger partial charge in [-0.3, -0.25) is 4.79 Å². The van der Waals surface area contributed by atoms with Gasteiger partial charge < -0.3 is 10.2 Å². The summed E-state index contributed by atoms with van der Waals surface area (Å²) in [6, 6.07) is -0.982. The molecular weight excluding hydrogens is 272 g/mol. The molecule has 2 aliphatic heterocycles. The summed E-state index contributed by atoms with van der Waals surface area (Å²) in [5.74, 6) is -1.10. The van der Waals surface area contributed by atoms with Crippen molar-refractivity contribution in [3.8, 4) is 0 Å². The number of aliphatic carboxylic acids is 1. The van der Waals surface area contributed by atoms with Crippen molar-refractivity contribution in [2.45, 2.75) is 44.2 Å². The van der Waals surface area contributed by atoms with E-state index in [0.29, 0.717) is 19.3 Å². The SMILES string of the molecule is CC1(O)CCN(S(=O)(=O)N2CCCCC2C(=O)O)C1. The van der Waals surface area contributed by atoms with Crippen molar-refractivity contribution < 1.29 is 23.4 Å². The van der Waals surface area contributed by atoms with Gasteiger partial charge in [0.15, 0.2) is 0 Å². The minimum absolute atomic E-state index is 0.0260. The molecule has 8 heteroatoms. The van der Waals surface area contributed by atoms with E-state index in [1.165, 1.54) is 4.31 Å². The normalized spacial score (nSPS) is 34.5. The maximum absolute atomic E-state index is 12.5. The Bertz CT molecular complexity index is 462. The summed E-state index contributed by atoms with van der Waals surface area (Å²) < 4.78 is 27.2. The Morgan fingerprint density at radius 3 is 2.53 bits per heavy atom. The molecule has 19 heavy (non-hydrogen) atoms. The van der Waals surface area contributed by atoms with E-state index >= 15 is 0 Å². The smallest absolute Gasteiger partial charge is 0.322 e. The van der Waals surface area contributed by atoms with Crippen LogP contribution in [-0.2, 0) is 15.0 Å². The van der Waals surface area contributed by atoms with E-state index in [2.05, 4.69) is 0 Å². The molecule has 2 fully saturated rings. The Morgan fingerprint density at radius 1 is 1.32 bits per heavy atom. The zero-order chi connectivity index (χ0) is 14.3. The van der Waals surface area contributed by atoms with Crippen LogP contribution in [0.2, 0.25) is 0 Å². The van der Waals surface area contributed by atoms with Gasteiger partial charge in [0.2, 0.25) is 0 Å². The zero-order valence-corrected chi connectivity index (χ0v) is 11.8. The van der Waals surface area contributed by atoms with Gasteiger partial charge in [-0.1, -0.05) is 0 Å². The Hall–Kier alpha value is -0.700. The number of hydrogen-bond donors (Lipinski definition) is 2. The fourth-order valence-corrected chi connectivity index (χ4v) is 4.61. The maximum Gasteiger partial charge on any atom is 0.322 e. The summed E-state index contributed by atoms with van der Waals surface area (Å²) in [7, 11) is -3.80. The summed E-state index contributed by atoms with van der Waals surface area (Å²) in [5.41, 5.74) is -1.03. The molecule has 2 N–H and O–H groups in total. The van der Waals surface area contributed by atoms with Crippen LogP contribution in [0.15, 0.2) is 0 Å². The molecule has 2 heterocycles. The fourth-order valence-electron chi connectivity index (χ4n) is 2.68. The molecule has 7 nitrogen and oxygen atoms in total. The van der Waals surface area contributed by atoms with Gasteiger partial charge in [0.05, 0.1) is 5.60 Å². The molecule has 0 amide bonds. The number of carboxylic acids is 1. The minimum Gasteiger partial charge on any atom is -0.480 e. The van der Waals surface area contributed by atoms with Gasteiger partial charge in [0.1, 0.15) is 6.04 Å². The van der Waals surface area contributed by atoms with Crippen molar-refractivity contribution in [1.82, 2.24) is 8.61 Å². The monoisotopic (exact) mass is 292 g/mol. The zero-order valence-electron chi connectivity index (χ0n) is 10.9. The second kappa shape index (κ2) is 5.01. The Morgan fingerprint density at radius 2 is 2.00 bits per heavy atom.